The maximum Gasteiger partial charge on any atom is 0.268 e. The fraction of sp³-hybridized carbons (Fsp3) is 0.847. The number of hydrogen-bond donors (Lipinski definition) is 2. The summed E-state index contributed by atoms with van der Waals surface area (Å²) in [4.78, 5) is 25.7. The quantitative estimate of drug-likeness (QED) is 0.0272. The minimum absolute atomic E-state index is 0.0121. The number of nitrogens with one attached hydrogen (secondary N) is 1. The van der Waals surface area contributed by atoms with Crippen LogP contribution < -0.4 is 10.2 Å². The van der Waals surface area contributed by atoms with E-state index in [0.717, 1.165) is 70.6 Å². The van der Waals surface area contributed by atoms with Crippen molar-refractivity contribution in [2.45, 2.75) is 353 Å². The standard InChI is InChI=1S/C72H137N2O6P/c1-6-8-10-12-14-16-18-20-22-24-26-28-30-32-34-36-37-38-40-42-44-46-48-50-52-54-56-58-60-62-64-66-72(76)73-70(69-80-81(77,78)79-68-67-74(3,4)5)71(75)65-63-61-59-57-55-53-51-49-47-45-43-41-39-35-33-31-29-27-25-23-21-19-17-15-13-11-9-7-2/h8,10,14,16,20,22,26,28,32,34,70-71,75H,6-7,9,11-13,15,17-19,21,23-25,27,29-31,33,35-69H2,1-5H3,(H-,73,76,77,78)/b10-8-,16-14-,22-20-,28-26-,34-32-. The van der Waals surface area contributed by atoms with Crippen molar-refractivity contribution in [3.8, 4) is 0 Å². The summed E-state index contributed by atoms with van der Waals surface area (Å²) in [5.74, 6) is -0.161. The number of amides is 1. The van der Waals surface area contributed by atoms with E-state index in [4.69, 9.17) is 9.05 Å². The topological polar surface area (TPSA) is 108 Å². The summed E-state index contributed by atoms with van der Waals surface area (Å²) in [5.41, 5.74) is 0. The molecular weight excluding hydrogens is 1020 g/mol. The molecular formula is C72H137N2O6P. The van der Waals surface area contributed by atoms with Crippen molar-refractivity contribution in [3.05, 3.63) is 60.8 Å². The van der Waals surface area contributed by atoms with E-state index in [9.17, 15) is 19.4 Å². The predicted octanol–water partition coefficient (Wildman–Crippen LogP) is 21.8. The summed E-state index contributed by atoms with van der Waals surface area (Å²) in [6, 6.07) is -0.804. The van der Waals surface area contributed by atoms with E-state index in [2.05, 4.69) is 79.9 Å². The van der Waals surface area contributed by atoms with E-state index >= 15 is 0 Å². The monoisotopic (exact) mass is 1160 g/mol. The molecule has 0 aliphatic rings. The molecule has 8 nitrogen and oxygen atoms in total. The van der Waals surface area contributed by atoms with Crippen molar-refractivity contribution in [3.63, 3.8) is 0 Å². The van der Waals surface area contributed by atoms with E-state index in [0.29, 0.717) is 23.9 Å². The van der Waals surface area contributed by atoms with Gasteiger partial charge < -0.3 is 28.8 Å². The maximum absolute atomic E-state index is 13.1. The number of aliphatic hydroxyl groups is 1. The molecule has 0 saturated carbocycles. The van der Waals surface area contributed by atoms with Gasteiger partial charge in [0.1, 0.15) is 13.2 Å². The first-order chi connectivity index (χ1) is 39.5. The molecule has 476 valence electrons. The average molecular weight is 1160 g/mol. The zero-order valence-corrected chi connectivity index (χ0v) is 55.4. The number of hydrogen-bond acceptors (Lipinski definition) is 6. The number of phosphoric ester groups is 1. The number of allylic oxidation sites excluding steroid dienone is 10. The highest BCUT2D eigenvalue weighted by Gasteiger charge is 2.24. The van der Waals surface area contributed by atoms with Gasteiger partial charge in [0.15, 0.2) is 0 Å². The molecule has 81 heavy (non-hydrogen) atoms. The number of quaternary nitrogens is 1. The molecule has 0 aliphatic carbocycles. The van der Waals surface area contributed by atoms with E-state index in [-0.39, 0.29) is 19.1 Å². The lowest BCUT2D eigenvalue weighted by atomic mass is 10.0. The van der Waals surface area contributed by atoms with Gasteiger partial charge in [0, 0.05) is 6.42 Å². The second-order valence-electron chi connectivity index (χ2n) is 25.2. The van der Waals surface area contributed by atoms with E-state index in [1.807, 2.05) is 21.1 Å². The van der Waals surface area contributed by atoms with Gasteiger partial charge in [0.25, 0.3) is 7.82 Å². The van der Waals surface area contributed by atoms with Crippen molar-refractivity contribution in [2.75, 3.05) is 40.9 Å². The van der Waals surface area contributed by atoms with Crippen LogP contribution in [-0.4, -0.2) is 68.5 Å². The first-order valence-corrected chi connectivity index (χ1v) is 36.6. The smallest absolute Gasteiger partial charge is 0.268 e. The Balaban J connectivity index is 4.03. The molecule has 0 bridgehead atoms. The summed E-state index contributed by atoms with van der Waals surface area (Å²) >= 11 is 0. The van der Waals surface area contributed by atoms with Crippen molar-refractivity contribution in [1.29, 1.82) is 0 Å². The Hall–Kier alpha value is -1.80. The highest BCUT2D eigenvalue weighted by molar-refractivity contribution is 7.45. The molecule has 2 N–H and O–H groups in total. The van der Waals surface area contributed by atoms with Gasteiger partial charge in [-0.2, -0.15) is 0 Å². The summed E-state index contributed by atoms with van der Waals surface area (Å²) in [6.07, 6.45) is 85.8. The number of carbonyl (C=O) groups excluding carboxylic acids is 1. The van der Waals surface area contributed by atoms with Crippen LogP contribution in [0.3, 0.4) is 0 Å². The largest absolute Gasteiger partial charge is 0.756 e. The molecule has 0 fully saturated rings. The van der Waals surface area contributed by atoms with Crippen molar-refractivity contribution in [1.82, 2.24) is 5.32 Å². The minimum Gasteiger partial charge on any atom is -0.756 e. The molecule has 3 unspecified atom stereocenters. The number of nitrogens with zero attached hydrogens (tertiary/aromatic N) is 1. The normalized spacial score (nSPS) is 14.0. The molecule has 1 amide bonds. The first kappa shape index (κ1) is 79.2. The molecule has 3 atom stereocenters. The summed E-state index contributed by atoms with van der Waals surface area (Å²) in [6.45, 7) is 4.66. The Morgan fingerprint density at radius 2 is 0.753 bits per heavy atom. The molecule has 0 radical (unpaired) electrons. The molecule has 9 heteroatoms. The Kier molecular flexibility index (Phi) is 61.3. The van der Waals surface area contributed by atoms with Gasteiger partial charge >= 0.3 is 0 Å². The first-order valence-electron chi connectivity index (χ1n) is 35.1. The minimum atomic E-state index is -4.58. The predicted molar refractivity (Wildman–Crippen MR) is 353 cm³/mol. The number of rotatable bonds is 65. The zero-order valence-electron chi connectivity index (χ0n) is 54.5. The van der Waals surface area contributed by atoms with Crippen molar-refractivity contribution < 1.29 is 32.9 Å². The van der Waals surface area contributed by atoms with E-state index in [1.165, 1.54) is 244 Å². The number of likely N-dealkylation sites (N-methyl/N-ethyl adjacent to an activating group) is 1. The van der Waals surface area contributed by atoms with Crippen LogP contribution in [0, 0.1) is 0 Å². The van der Waals surface area contributed by atoms with Crippen LogP contribution in [0.1, 0.15) is 341 Å². The van der Waals surface area contributed by atoms with Crippen molar-refractivity contribution in [2.24, 2.45) is 0 Å². The lowest BCUT2D eigenvalue weighted by molar-refractivity contribution is -0.870. The molecule has 0 saturated heterocycles. The Morgan fingerprint density at radius 1 is 0.444 bits per heavy atom. The van der Waals surface area contributed by atoms with Gasteiger partial charge in [-0.05, 0) is 57.8 Å². The molecule has 0 rings (SSSR count). The Morgan fingerprint density at radius 3 is 1.10 bits per heavy atom. The van der Waals surface area contributed by atoms with Crippen molar-refractivity contribution >= 4 is 13.7 Å². The third kappa shape index (κ3) is 65.6. The Bertz CT molecular complexity index is 1500. The SMILES string of the molecule is CC/C=C\C/C=C\C/C=C\C/C=C\C/C=C\CCCCCCCCCCCCCCCCCC(=O)NC(COP(=O)([O-])OCC[N+](C)(C)C)C(O)CCCCCCCCCCCCCCCCCCCCCCCCCCCCCC. The number of unbranched alkanes of at least 4 members (excludes halogenated alkanes) is 42. The Labute approximate surface area is 504 Å². The van der Waals surface area contributed by atoms with E-state index < -0.39 is 20.0 Å². The van der Waals surface area contributed by atoms with Crippen LogP contribution in [0.4, 0.5) is 0 Å². The highest BCUT2D eigenvalue weighted by Crippen LogP contribution is 2.38. The summed E-state index contributed by atoms with van der Waals surface area (Å²) in [7, 11) is 1.31. The van der Waals surface area contributed by atoms with Gasteiger partial charge in [-0.1, -0.05) is 338 Å². The van der Waals surface area contributed by atoms with Crippen LogP contribution >= 0.6 is 7.82 Å². The molecule has 0 aromatic heterocycles. The molecule has 0 aliphatic heterocycles. The third-order valence-corrected chi connectivity index (χ3v) is 17.0. The second-order valence-corrected chi connectivity index (χ2v) is 26.6. The fourth-order valence-corrected chi connectivity index (χ4v) is 11.3. The van der Waals surface area contributed by atoms with Crippen LogP contribution in [-0.2, 0) is 18.4 Å². The number of phosphoric acid groups is 1. The number of carbonyl (C=O) groups is 1. The highest BCUT2D eigenvalue weighted by atomic mass is 31.2. The van der Waals surface area contributed by atoms with Crippen LogP contribution in [0.25, 0.3) is 0 Å². The van der Waals surface area contributed by atoms with Gasteiger partial charge in [-0.3, -0.25) is 9.36 Å². The van der Waals surface area contributed by atoms with Gasteiger partial charge in [0.05, 0.1) is 39.9 Å². The average Bonchev–Trinajstić information content (AvgIpc) is 3.43. The third-order valence-electron chi connectivity index (χ3n) is 16.0. The lowest BCUT2D eigenvalue weighted by Crippen LogP contribution is -2.46. The zero-order chi connectivity index (χ0) is 59.1. The summed E-state index contributed by atoms with van der Waals surface area (Å²) < 4.78 is 23.5. The molecule has 0 aromatic rings. The second kappa shape index (κ2) is 62.7. The lowest BCUT2D eigenvalue weighted by Gasteiger charge is -2.30. The molecule has 0 spiro atoms. The summed E-state index contributed by atoms with van der Waals surface area (Å²) in [5, 5.41) is 14.1. The molecule has 0 aromatic carbocycles. The van der Waals surface area contributed by atoms with Crippen LogP contribution in [0.15, 0.2) is 60.8 Å². The van der Waals surface area contributed by atoms with Gasteiger partial charge in [-0.25, -0.2) is 0 Å². The fourth-order valence-electron chi connectivity index (χ4n) is 10.6. The van der Waals surface area contributed by atoms with Gasteiger partial charge in [0.2, 0.25) is 5.91 Å². The van der Waals surface area contributed by atoms with Crippen LogP contribution in [0.2, 0.25) is 0 Å². The van der Waals surface area contributed by atoms with Crippen LogP contribution in [0.5, 0.6) is 0 Å². The maximum atomic E-state index is 13.1. The van der Waals surface area contributed by atoms with E-state index in [1.54, 1.807) is 0 Å². The molecule has 0 heterocycles. The van der Waals surface area contributed by atoms with Gasteiger partial charge in [-0.15, -0.1) is 0 Å². The number of aliphatic hydroxyl groups excluding tert-OH is 1.